The third-order valence-corrected chi connectivity index (χ3v) is 2.89. The van der Waals surface area contributed by atoms with Crippen LogP contribution in [-0.2, 0) is 4.79 Å². The Bertz CT molecular complexity index is 191. The van der Waals surface area contributed by atoms with Crippen LogP contribution in [0.4, 0.5) is 0 Å². The fourth-order valence-corrected chi connectivity index (χ4v) is 1.49. The lowest BCUT2D eigenvalue weighted by atomic mass is 10.1. The lowest BCUT2D eigenvalue weighted by Crippen LogP contribution is -2.43. The number of carbonyl (C=O) groups is 1. The number of hydrogen-bond acceptors (Lipinski definition) is 2. The molecule has 0 saturated carbocycles. The van der Waals surface area contributed by atoms with Crippen LogP contribution in [0.2, 0.25) is 0 Å². The van der Waals surface area contributed by atoms with E-state index in [0.29, 0.717) is 12.0 Å². The van der Waals surface area contributed by atoms with Crippen LogP contribution in [0.25, 0.3) is 0 Å². The molecule has 1 aliphatic heterocycles. The van der Waals surface area contributed by atoms with Crippen molar-refractivity contribution < 1.29 is 4.79 Å². The topological polar surface area (TPSA) is 32.3 Å². The van der Waals surface area contributed by atoms with E-state index in [1.807, 2.05) is 7.05 Å². The molecule has 0 radical (unpaired) electrons. The van der Waals surface area contributed by atoms with Crippen molar-refractivity contribution in [2.75, 3.05) is 13.6 Å². The molecule has 1 heterocycles. The summed E-state index contributed by atoms with van der Waals surface area (Å²) in [6.45, 7) is 7.36. The number of carbonyl (C=O) groups excluding carboxylic acids is 1. The Morgan fingerprint density at radius 3 is 2.46 bits per heavy atom. The third kappa shape index (κ3) is 2.44. The Morgan fingerprint density at radius 1 is 1.46 bits per heavy atom. The minimum absolute atomic E-state index is 0.0578. The first-order valence-corrected chi connectivity index (χ1v) is 5.03. The zero-order chi connectivity index (χ0) is 10.0. The van der Waals surface area contributed by atoms with E-state index < -0.39 is 0 Å². The fraction of sp³-hybridized carbons (Fsp3) is 0.900. The van der Waals surface area contributed by atoms with E-state index in [4.69, 9.17) is 0 Å². The first-order chi connectivity index (χ1) is 6.02. The van der Waals surface area contributed by atoms with Gasteiger partial charge in [-0.1, -0.05) is 13.8 Å². The summed E-state index contributed by atoms with van der Waals surface area (Å²) in [7, 11) is 1.87. The minimum atomic E-state index is 0.0578. The predicted octanol–water partition coefficient (Wildman–Crippen LogP) is 0.851. The first kappa shape index (κ1) is 10.5. The van der Waals surface area contributed by atoms with Gasteiger partial charge in [-0.05, 0) is 19.3 Å². The van der Waals surface area contributed by atoms with E-state index >= 15 is 0 Å². The molecule has 0 aromatic heterocycles. The van der Waals surface area contributed by atoms with Crippen LogP contribution in [-0.4, -0.2) is 36.5 Å². The molecule has 1 amide bonds. The summed E-state index contributed by atoms with van der Waals surface area (Å²) in [5, 5.41) is 3.37. The molecule has 1 saturated heterocycles. The molecule has 2 unspecified atom stereocenters. The highest BCUT2D eigenvalue weighted by atomic mass is 16.2. The van der Waals surface area contributed by atoms with Crippen molar-refractivity contribution in [3.05, 3.63) is 0 Å². The summed E-state index contributed by atoms with van der Waals surface area (Å²) in [6.07, 6.45) is 0.951. The maximum absolute atomic E-state index is 11.5. The van der Waals surface area contributed by atoms with Crippen LogP contribution in [0.15, 0.2) is 0 Å². The van der Waals surface area contributed by atoms with Crippen molar-refractivity contribution in [3.63, 3.8) is 0 Å². The van der Waals surface area contributed by atoms with Gasteiger partial charge in [0, 0.05) is 19.6 Å². The van der Waals surface area contributed by atoms with Crippen molar-refractivity contribution in [3.8, 4) is 0 Å². The molecule has 1 rings (SSSR count). The number of amides is 1. The molecule has 76 valence electrons. The van der Waals surface area contributed by atoms with Gasteiger partial charge in [-0.25, -0.2) is 0 Å². The van der Waals surface area contributed by atoms with Crippen LogP contribution in [0, 0.1) is 5.92 Å². The van der Waals surface area contributed by atoms with Crippen LogP contribution in [0.3, 0.4) is 0 Å². The normalized spacial score (nSPS) is 25.8. The quantitative estimate of drug-likeness (QED) is 0.705. The zero-order valence-electron chi connectivity index (χ0n) is 9.00. The highest BCUT2D eigenvalue weighted by Gasteiger charge is 2.29. The molecule has 0 aliphatic carbocycles. The van der Waals surface area contributed by atoms with E-state index in [1.54, 1.807) is 4.90 Å². The van der Waals surface area contributed by atoms with Crippen LogP contribution in [0.5, 0.6) is 0 Å². The largest absolute Gasteiger partial charge is 0.344 e. The highest BCUT2D eigenvalue weighted by Crippen LogP contribution is 2.11. The molecule has 1 N–H and O–H groups in total. The number of nitrogens with zero attached hydrogens (tertiary/aromatic N) is 1. The van der Waals surface area contributed by atoms with E-state index in [-0.39, 0.29) is 11.9 Å². The summed E-state index contributed by atoms with van der Waals surface area (Å²) in [5.74, 6) is 0.825. The summed E-state index contributed by atoms with van der Waals surface area (Å²) in [4.78, 5) is 13.3. The number of hydrogen-bond donors (Lipinski definition) is 1. The second kappa shape index (κ2) is 4.09. The molecular formula is C10H20N2O. The van der Waals surface area contributed by atoms with Gasteiger partial charge in [0.25, 0.3) is 0 Å². The second-order valence-corrected chi connectivity index (χ2v) is 4.30. The second-order valence-electron chi connectivity index (χ2n) is 4.30. The Kier molecular flexibility index (Phi) is 3.31. The van der Waals surface area contributed by atoms with E-state index in [2.05, 4.69) is 26.1 Å². The van der Waals surface area contributed by atoms with Gasteiger partial charge in [-0.2, -0.15) is 0 Å². The molecule has 2 atom stereocenters. The van der Waals surface area contributed by atoms with Crippen LogP contribution in [0.1, 0.15) is 27.2 Å². The highest BCUT2D eigenvalue weighted by molar-refractivity contribution is 5.83. The van der Waals surface area contributed by atoms with Gasteiger partial charge < -0.3 is 10.2 Å². The molecule has 1 fully saturated rings. The van der Waals surface area contributed by atoms with E-state index in [9.17, 15) is 4.79 Å². The van der Waals surface area contributed by atoms with E-state index in [1.165, 1.54) is 0 Å². The zero-order valence-corrected chi connectivity index (χ0v) is 9.00. The third-order valence-electron chi connectivity index (χ3n) is 2.89. The maximum Gasteiger partial charge on any atom is 0.239 e. The summed E-state index contributed by atoms with van der Waals surface area (Å²) in [6, 6.07) is 0.475. The summed E-state index contributed by atoms with van der Waals surface area (Å²) < 4.78 is 0. The Balaban J connectivity index is 2.42. The van der Waals surface area contributed by atoms with E-state index in [0.717, 1.165) is 13.0 Å². The smallest absolute Gasteiger partial charge is 0.239 e. The molecule has 3 heteroatoms. The lowest BCUT2D eigenvalue weighted by Gasteiger charge is -2.21. The van der Waals surface area contributed by atoms with Gasteiger partial charge in [0.1, 0.15) is 0 Å². The Hall–Kier alpha value is -0.570. The van der Waals surface area contributed by atoms with Gasteiger partial charge >= 0.3 is 0 Å². The fourth-order valence-electron chi connectivity index (χ4n) is 1.49. The van der Waals surface area contributed by atoms with Crippen LogP contribution < -0.4 is 5.32 Å². The van der Waals surface area contributed by atoms with Gasteiger partial charge in [0.15, 0.2) is 0 Å². The standard InChI is InChI=1S/C10H20N2O/c1-7(2)8(3)11-9-5-6-12(4)10(9)13/h7-9,11H,5-6H2,1-4H3. The number of rotatable bonds is 3. The monoisotopic (exact) mass is 184 g/mol. The Labute approximate surface area is 80.5 Å². The molecular weight excluding hydrogens is 164 g/mol. The van der Waals surface area contributed by atoms with Crippen molar-refractivity contribution >= 4 is 5.91 Å². The number of likely N-dealkylation sites (tertiary alicyclic amines) is 1. The minimum Gasteiger partial charge on any atom is -0.344 e. The summed E-state index contributed by atoms with van der Waals surface area (Å²) >= 11 is 0. The van der Waals surface area contributed by atoms with Gasteiger partial charge in [-0.3, -0.25) is 4.79 Å². The first-order valence-electron chi connectivity index (χ1n) is 5.03. The molecule has 1 aliphatic rings. The molecule has 0 aromatic rings. The Morgan fingerprint density at radius 2 is 2.08 bits per heavy atom. The van der Waals surface area contributed by atoms with Crippen molar-refractivity contribution in [1.29, 1.82) is 0 Å². The number of likely N-dealkylation sites (N-methyl/N-ethyl adjacent to an activating group) is 1. The predicted molar refractivity (Wildman–Crippen MR) is 53.5 cm³/mol. The average Bonchev–Trinajstić information content (AvgIpc) is 2.36. The van der Waals surface area contributed by atoms with Crippen molar-refractivity contribution in [2.45, 2.75) is 39.3 Å². The van der Waals surface area contributed by atoms with Gasteiger partial charge in [0.05, 0.1) is 6.04 Å². The van der Waals surface area contributed by atoms with Crippen molar-refractivity contribution in [1.82, 2.24) is 10.2 Å². The molecule has 13 heavy (non-hydrogen) atoms. The molecule has 3 nitrogen and oxygen atoms in total. The SMILES string of the molecule is CC(C)C(C)NC1CCN(C)C1=O. The average molecular weight is 184 g/mol. The van der Waals surface area contributed by atoms with Crippen molar-refractivity contribution in [2.24, 2.45) is 5.92 Å². The molecule has 0 aromatic carbocycles. The summed E-state index contributed by atoms with van der Waals surface area (Å²) in [5.41, 5.74) is 0. The maximum atomic E-state index is 11.5. The molecule has 0 bridgehead atoms. The van der Waals surface area contributed by atoms with Gasteiger partial charge in [0.2, 0.25) is 5.91 Å². The lowest BCUT2D eigenvalue weighted by molar-refractivity contribution is -0.128. The molecule has 0 spiro atoms. The number of nitrogens with one attached hydrogen (secondary N) is 1. The van der Waals surface area contributed by atoms with Gasteiger partial charge in [-0.15, -0.1) is 0 Å². The van der Waals surface area contributed by atoms with Crippen LogP contribution >= 0.6 is 0 Å².